The molecule has 5 heteroatoms. The zero-order chi connectivity index (χ0) is 14.0. The molecule has 0 spiro atoms. The number of carbonyl (C=O) groups is 1. The molecule has 0 saturated carbocycles. The highest BCUT2D eigenvalue weighted by molar-refractivity contribution is 6.31. The number of hydrogen-bond acceptors (Lipinski definition) is 2. The molecular formula is C14H12ClFN2O. The van der Waals surface area contributed by atoms with E-state index < -0.39 is 5.82 Å². The van der Waals surface area contributed by atoms with Crippen molar-refractivity contribution < 1.29 is 9.18 Å². The van der Waals surface area contributed by atoms with Crippen LogP contribution in [0.4, 0.5) is 15.8 Å². The number of halogens is 2. The van der Waals surface area contributed by atoms with Gasteiger partial charge in [-0.25, -0.2) is 4.39 Å². The Balaban J connectivity index is 2.25. The van der Waals surface area contributed by atoms with E-state index in [-0.39, 0.29) is 11.6 Å². The summed E-state index contributed by atoms with van der Waals surface area (Å²) >= 11 is 5.89. The highest BCUT2D eigenvalue weighted by Crippen LogP contribution is 2.21. The number of nitrogen functional groups attached to an aromatic ring is 1. The first-order chi connectivity index (χ1) is 8.95. The van der Waals surface area contributed by atoms with Crippen LogP contribution in [-0.2, 0) is 0 Å². The lowest BCUT2D eigenvalue weighted by Gasteiger charge is -2.09. The quantitative estimate of drug-likeness (QED) is 0.824. The fraction of sp³-hybridized carbons (Fsp3) is 0.0714. The summed E-state index contributed by atoms with van der Waals surface area (Å²) in [5, 5.41) is 3.10. The van der Waals surface area contributed by atoms with Crippen molar-refractivity contribution in [2.24, 2.45) is 0 Å². The third-order valence-electron chi connectivity index (χ3n) is 2.57. The second-order valence-corrected chi connectivity index (χ2v) is 4.64. The molecule has 2 rings (SSSR count). The lowest BCUT2D eigenvalue weighted by molar-refractivity contribution is 0.102. The molecule has 3 N–H and O–H groups in total. The van der Waals surface area contributed by atoms with Gasteiger partial charge in [-0.3, -0.25) is 4.79 Å². The Morgan fingerprint density at radius 2 is 2.00 bits per heavy atom. The first-order valence-corrected chi connectivity index (χ1v) is 5.97. The predicted molar refractivity (Wildman–Crippen MR) is 75.0 cm³/mol. The summed E-state index contributed by atoms with van der Waals surface area (Å²) in [6.07, 6.45) is 0. The van der Waals surface area contributed by atoms with Gasteiger partial charge in [-0.15, -0.1) is 0 Å². The van der Waals surface area contributed by atoms with Crippen LogP contribution in [-0.4, -0.2) is 5.91 Å². The molecule has 2 aromatic carbocycles. The van der Waals surface area contributed by atoms with E-state index in [0.29, 0.717) is 16.3 Å². The van der Waals surface area contributed by atoms with Gasteiger partial charge < -0.3 is 11.1 Å². The number of rotatable bonds is 2. The van der Waals surface area contributed by atoms with E-state index in [1.54, 1.807) is 18.2 Å². The number of hydrogen-bond donors (Lipinski definition) is 2. The molecule has 19 heavy (non-hydrogen) atoms. The number of amides is 1. The van der Waals surface area contributed by atoms with Gasteiger partial charge in [0.25, 0.3) is 5.91 Å². The van der Waals surface area contributed by atoms with Gasteiger partial charge in [0.05, 0.1) is 11.4 Å². The third-order valence-corrected chi connectivity index (χ3v) is 2.78. The van der Waals surface area contributed by atoms with E-state index in [2.05, 4.69) is 5.32 Å². The van der Waals surface area contributed by atoms with Gasteiger partial charge in [0.2, 0.25) is 0 Å². The summed E-state index contributed by atoms with van der Waals surface area (Å²) in [7, 11) is 0. The molecule has 0 radical (unpaired) electrons. The second kappa shape index (κ2) is 5.28. The highest BCUT2D eigenvalue weighted by Gasteiger charge is 2.09. The van der Waals surface area contributed by atoms with E-state index in [9.17, 15) is 9.18 Å². The number of benzene rings is 2. The fourth-order valence-corrected chi connectivity index (χ4v) is 2.00. The SMILES string of the molecule is Cc1cc(Cl)cc(C(=O)Nc2ccc(F)cc2N)c1. The largest absolute Gasteiger partial charge is 0.397 e. The molecule has 3 nitrogen and oxygen atoms in total. The summed E-state index contributed by atoms with van der Waals surface area (Å²) in [6, 6.07) is 8.82. The average molecular weight is 279 g/mol. The minimum absolute atomic E-state index is 0.173. The Morgan fingerprint density at radius 1 is 1.26 bits per heavy atom. The average Bonchev–Trinajstić information content (AvgIpc) is 2.31. The number of nitrogens with one attached hydrogen (secondary N) is 1. The number of nitrogens with two attached hydrogens (primary N) is 1. The molecule has 98 valence electrons. The van der Waals surface area contributed by atoms with Crippen LogP contribution in [0.1, 0.15) is 15.9 Å². The number of aryl methyl sites for hydroxylation is 1. The van der Waals surface area contributed by atoms with Crippen LogP contribution in [0, 0.1) is 12.7 Å². The van der Waals surface area contributed by atoms with Crippen LogP contribution < -0.4 is 11.1 Å². The maximum atomic E-state index is 12.9. The molecule has 2 aromatic rings. The van der Waals surface area contributed by atoms with Crippen molar-refractivity contribution in [1.29, 1.82) is 0 Å². The summed E-state index contributed by atoms with van der Waals surface area (Å²) in [5.41, 5.74) is 7.47. The summed E-state index contributed by atoms with van der Waals surface area (Å²) in [4.78, 5) is 12.0. The molecule has 0 aliphatic rings. The lowest BCUT2D eigenvalue weighted by Crippen LogP contribution is -2.13. The van der Waals surface area contributed by atoms with E-state index in [1.807, 2.05) is 6.92 Å². The molecule has 0 aromatic heterocycles. The van der Waals surface area contributed by atoms with Gasteiger partial charge in [0, 0.05) is 10.6 Å². The van der Waals surface area contributed by atoms with Gasteiger partial charge in [-0.2, -0.15) is 0 Å². The van der Waals surface area contributed by atoms with Gasteiger partial charge >= 0.3 is 0 Å². The van der Waals surface area contributed by atoms with Gasteiger partial charge in [0.1, 0.15) is 5.82 Å². The smallest absolute Gasteiger partial charge is 0.255 e. The molecule has 0 atom stereocenters. The normalized spacial score (nSPS) is 10.3. The molecule has 1 amide bonds. The highest BCUT2D eigenvalue weighted by atomic mass is 35.5. The van der Waals surface area contributed by atoms with E-state index in [4.69, 9.17) is 17.3 Å². The van der Waals surface area contributed by atoms with Gasteiger partial charge in [0.15, 0.2) is 0 Å². The molecular weight excluding hydrogens is 267 g/mol. The van der Waals surface area contributed by atoms with Crippen molar-refractivity contribution in [3.8, 4) is 0 Å². The Labute approximate surface area is 115 Å². The maximum Gasteiger partial charge on any atom is 0.255 e. The summed E-state index contributed by atoms with van der Waals surface area (Å²) in [5.74, 6) is -0.794. The fourth-order valence-electron chi connectivity index (χ4n) is 1.71. The van der Waals surface area contributed by atoms with Gasteiger partial charge in [-0.1, -0.05) is 11.6 Å². The topological polar surface area (TPSA) is 55.1 Å². The second-order valence-electron chi connectivity index (χ2n) is 4.20. The zero-order valence-electron chi connectivity index (χ0n) is 10.2. The molecule has 0 saturated heterocycles. The van der Waals surface area contributed by atoms with Crippen LogP contribution in [0.3, 0.4) is 0 Å². The van der Waals surface area contributed by atoms with E-state index in [0.717, 1.165) is 11.6 Å². The van der Waals surface area contributed by atoms with Crippen molar-refractivity contribution in [1.82, 2.24) is 0 Å². The van der Waals surface area contributed by atoms with Crippen LogP contribution in [0.25, 0.3) is 0 Å². The molecule has 0 aliphatic heterocycles. The first kappa shape index (κ1) is 13.4. The van der Waals surface area contributed by atoms with Crippen LogP contribution >= 0.6 is 11.6 Å². The van der Waals surface area contributed by atoms with Crippen LogP contribution in [0.2, 0.25) is 5.02 Å². The predicted octanol–water partition coefficient (Wildman–Crippen LogP) is 3.62. The summed E-state index contributed by atoms with van der Waals surface area (Å²) in [6.45, 7) is 1.84. The van der Waals surface area contributed by atoms with Crippen molar-refractivity contribution in [2.75, 3.05) is 11.1 Å². The minimum Gasteiger partial charge on any atom is -0.397 e. The molecule has 0 aliphatic carbocycles. The minimum atomic E-state index is -0.450. The standard InChI is InChI=1S/C14H12ClFN2O/c1-8-4-9(6-10(15)5-8)14(19)18-13-3-2-11(16)7-12(13)17/h2-7H,17H2,1H3,(H,18,19). The van der Waals surface area contributed by atoms with Crippen LogP contribution in [0.15, 0.2) is 36.4 Å². The Hall–Kier alpha value is -2.07. The Morgan fingerprint density at radius 3 is 2.63 bits per heavy atom. The van der Waals surface area contributed by atoms with Crippen molar-refractivity contribution >= 4 is 28.9 Å². The monoisotopic (exact) mass is 278 g/mol. The molecule has 0 heterocycles. The Kier molecular flexibility index (Phi) is 3.71. The van der Waals surface area contributed by atoms with E-state index >= 15 is 0 Å². The van der Waals surface area contributed by atoms with Crippen molar-refractivity contribution in [2.45, 2.75) is 6.92 Å². The van der Waals surface area contributed by atoms with Gasteiger partial charge in [-0.05, 0) is 48.9 Å². The lowest BCUT2D eigenvalue weighted by atomic mass is 10.1. The van der Waals surface area contributed by atoms with E-state index in [1.165, 1.54) is 12.1 Å². The summed E-state index contributed by atoms with van der Waals surface area (Å²) < 4.78 is 12.9. The number of anilines is 2. The van der Waals surface area contributed by atoms with Crippen molar-refractivity contribution in [3.05, 3.63) is 58.4 Å². The molecule has 0 bridgehead atoms. The maximum absolute atomic E-state index is 12.9. The van der Waals surface area contributed by atoms with Crippen molar-refractivity contribution in [3.63, 3.8) is 0 Å². The number of carbonyl (C=O) groups excluding carboxylic acids is 1. The third kappa shape index (κ3) is 3.23. The molecule has 0 unspecified atom stereocenters. The zero-order valence-corrected chi connectivity index (χ0v) is 11.0. The molecule has 0 fully saturated rings. The first-order valence-electron chi connectivity index (χ1n) is 5.59. The Bertz CT molecular complexity index is 623. The van der Waals surface area contributed by atoms with Crippen LogP contribution in [0.5, 0.6) is 0 Å².